The number of aliphatic hydroxyl groups is 2. The molecule has 0 amide bonds. The molecule has 25 heavy (non-hydrogen) atoms. The highest BCUT2D eigenvalue weighted by Gasteiger charge is 2.17. The van der Waals surface area contributed by atoms with E-state index in [4.69, 9.17) is 14.6 Å². The topological polar surface area (TPSA) is 71.4 Å². The normalized spacial score (nSPS) is 12.6. The lowest BCUT2D eigenvalue weighted by Crippen LogP contribution is -2.01. The van der Waals surface area contributed by atoms with Crippen LogP contribution in [0.5, 0.6) is 0 Å². The molecule has 0 fully saturated rings. The minimum absolute atomic E-state index is 0.333. The Kier molecular flexibility index (Phi) is 4.09. The number of rotatable bonds is 5. The van der Waals surface area contributed by atoms with E-state index in [1.54, 1.807) is 12.1 Å². The first-order valence-corrected chi connectivity index (χ1v) is 8.15. The lowest BCUT2D eigenvalue weighted by Gasteiger charge is -2.03. The van der Waals surface area contributed by atoms with E-state index >= 15 is 0 Å². The molecule has 0 saturated carbocycles. The van der Waals surface area contributed by atoms with E-state index in [0.717, 1.165) is 22.2 Å². The van der Waals surface area contributed by atoms with E-state index in [2.05, 4.69) is 12.1 Å². The van der Waals surface area contributed by atoms with Crippen LogP contribution in [-0.4, -0.2) is 26.6 Å². The highest BCUT2D eigenvalue weighted by atomic mass is 16.4. The lowest BCUT2D eigenvalue weighted by molar-refractivity contribution is 0.0781. The van der Waals surface area contributed by atoms with Gasteiger partial charge in [0.25, 0.3) is 0 Å². The van der Waals surface area contributed by atoms with Crippen LogP contribution in [0.15, 0.2) is 71.1 Å². The fourth-order valence-corrected chi connectivity index (χ4v) is 2.94. The molecule has 2 aromatic carbocycles. The molecular weight excluding hydrogens is 316 g/mol. The Labute approximate surface area is 144 Å². The van der Waals surface area contributed by atoms with Gasteiger partial charge in [0, 0.05) is 5.39 Å². The van der Waals surface area contributed by atoms with Crippen molar-refractivity contribution in [3.05, 3.63) is 78.1 Å². The van der Waals surface area contributed by atoms with Crippen molar-refractivity contribution in [1.29, 1.82) is 0 Å². The van der Waals surface area contributed by atoms with E-state index in [1.165, 1.54) is 0 Å². The molecule has 5 nitrogen and oxygen atoms in total. The molecular formula is C20H18N2O3. The summed E-state index contributed by atoms with van der Waals surface area (Å²) in [4.78, 5) is 0. The maximum atomic E-state index is 9.73. The first-order valence-electron chi connectivity index (χ1n) is 8.15. The van der Waals surface area contributed by atoms with E-state index in [0.29, 0.717) is 18.1 Å². The quantitative estimate of drug-likeness (QED) is 0.587. The van der Waals surface area contributed by atoms with Crippen molar-refractivity contribution in [2.24, 2.45) is 0 Å². The zero-order valence-electron chi connectivity index (χ0n) is 13.5. The Hall–Kier alpha value is -2.89. The van der Waals surface area contributed by atoms with Gasteiger partial charge in [0.1, 0.15) is 17.6 Å². The molecule has 0 saturated heterocycles. The molecule has 2 heterocycles. The lowest BCUT2D eigenvalue weighted by atomic mass is 10.2. The molecule has 0 spiro atoms. The molecule has 4 rings (SSSR count). The van der Waals surface area contributed by atoms with Crippen molar-refractivity contribution >= 4 is 10.9 Å². The van der Waals surface area contributed by atoms with Crippen LogP contribution in [0.25, 0.3) is 22.4 Å². The van der Waals surface area contributed by atoms with Crippen molar-refractivity contribution in [2.75, 3.05) is 6.61 Å². The van der Waals surface area contributed by atoms with Crippen LogP contribution in [0.1, 0.15) is 17.4 Å². The molecule has 126 valence electrons. The Morgan fingerprint density at radius 1 is 0.960 bits per heavy atom. The Morgan fingerprint density at radius 3 is 2.52 bits per heavy atom. The third kappa shape index (κ3) is 2.95. The third-order valence-electron chi connectivity index (χ3n) is 4.19. The van der Waals surface area contributed by atoms with Gasteiger partial charge in [-0.05, 0) is 23.8 Å². The van der Waals surface area contributed by atoms with Crippen LogP contribution in [0.2, 0.25) is 0 Å². The van der Waals surface area contributed by atoms with Crippen LogP contribution in [0.3, 0.4) is 0 Å². The molecule has 2 N–H and O–H groups in total. The second-order valence-corrected chi connectivity index (χ2v) is 5.91. The Balaban J connectivity index is 1.78. The standard InChI is InChI=1S/C20H18N2O3/c23-13-17(24)18-10-11-19(25-18)20-15-8-4-5-9-16(15)22(21-20)12-14-6-2-1-3-7-14/h1-11,17,23-24H,12-13H2. The van der Waals surface area contributed by atoms with Gasteiger partial charge in [0.2, 0.25) is 0 Å². The van der Waals surface area contributed by atoms with Gasteiger partial charge in [-0.15, -0.1) is 0 Å². The average Bonchev–Trinajstić information content (AvgIpc) is 3.27. The number of para-hydroxylation sites is 1. The van der Waals surface area contributed by atoms with Gasteiger partial charge in [0.15, 0.2) is 5.76 Å². The zero-order valence-corrected chi connectivity index (χ0v) is 13.5. The summed E-state index contributed by atoms with van der Waals surface area (Å²) in [5, 5.41) is 24.5. The fourth-order valence-electron chi connectivity index (χ4n) is 2.94. The van der Waals surface area contributed by atoms with Gasteiger partial charge < -0.3 is 14.6 Å². The van der Waals surface area contributed by atoms with E-state index in [9.17, 15) is 5.11 Å². The van der Waals surface area contributed by atoms with Gasteiger partial charge in [-0.1, -0.05) is 48.5 Å². The van der Waals surface area contributed by atoms with E-state index in [1.807, 2.05) is 47.1 Å². The summed E-state index contributed by atoms with van der Waals surface area (Å²) in [6.07, 6.45) is -1.02. The van der Waals surface area contributed by atoms with Gasteiger partial charge in [-0.2, -0.15) is 5.10 Å². The minimum atomic E-state index is -1.02. The highest BCUT2D eigenvalue weighted by molar-refractivity contribution is 5.92. The summed E-state index contributed by atoms with van der Waals surface area (Å²) < 4.78 is 7.66. The number of furan rings is 1. The van der Waals surface area contributed by atoms with Crippen LogP contribution in [0.4, 0.5) is 0 Å². The first-order chi connectivity index (χ1) is 12.3. The van der Waals surface area contributed by atoms with Crippen LogP contribution < -0.4 is 0 Å². The largest absolute Gasteiger partial charge is 0.456 e. The number of aliphatic hydroxyl groups excluding tert-OH is 2. The van der Waals surface area contributed by atoms with E-state index in [-0.39, 0.29) is 6.61 Å². The number of nitrogens with zero attached hydrogens (tertiary/aromatic N) is 2. The third-order valence-corrected chi connectivity index (χ3v) is 4.19. The molecule has 1 unspecified atom stereocenters. The van der Waals surface area contributed by atoms with Gasteiger partial charge >= 0.3 is 0 Å². The van der Waals surface area contributed by atoms with Crippen molar-refractivity contribution < 1.29 is 14.6 Å². The summed E-state index contributed by atoms with van der Waals surface area (Å²) in [7, 11) is 0. The second kappa shape index (κ2) is 6.55. The number of aromatic nitrogens is 2. The number of hydrogen-bond acceptors (Lipinski definition) is 4. The summed E-state index contributed by atoms with van der Waals surface area (Å²) in [6.45, 7) is 0.282. The monoisotopic (exact) mass is 334 g/mol. The van der Waals surface area contributed by atoms with Gasteiger partial charge in [0.05, 0.1) is 18.7 Å². The predicted octanol–water partition coefficient (Wildman–Crippen LogP) is 3.37. The molecule has 0 aliphatic carbocycles. The number of benzene rings is 2. The van der Waals surface area contributed by atoms with Crippen molar-refractivity contribution in [2.45, 2.75) is 12.6 Å². The van der Waals surface area contributed by atoms with Crippen LogP contribution >= 0.6 is 0 Å². The molecule has 0 radical (unpaired) electrons. The predicted molar refractivity (Wildman–Crippen MR) is 95.0 cm³/mol. The molecule has 0 aliphatic rings. The molecule has 4 aromatic rings. The van der Waals surface area contributed by atoms with Gasteiger partial charge in [-0.3, -0.25) is 4.68 Å². The summed E-state index contributed by atoms with van der Waals surface area (Å²) in [5.41, 5.74) is 2.91. The molecule has 0 aliphatic heterocycles. The number of hydrogen-bond donors (Lipinski definition) is 2. The molecule has 1 atom stereocenters. The molecule has 5 heteroatoms. The summed E-state index contributed by atoms with van der Waals surface area (Å²) in [6, 6.07) is 21.6. The maximum absolute atomic E-state index is 9.73. The highest BCUT2D eigenvalue weighted by Crippen LogP contribution is 2.31. The Bertz CT molecular complexity index is 989. The summed E-state index contributed by atoms with van der Waals surface area (Å²) in [5.74, 6) is 0.907. The van der Waals surface area contributed by atoms with Crippen LogP contribution in [0, 0.1) is 0 Å². The van der Waals surface area contributed by atoms with Crippen molar-refractivity contribution in [3.8, 4) is 11.5 Å². The fraction of sp³-hybridized carbons (Fsp3) is 0.150. The average molecular weight is 334 g/mol. The second-order valence-electron chi connectivity index (χ2n) is 5.91. The smallest absolute Gasteiger partial charge is 0.155 e. The van der Waals surface area contributed by atoms with Crippen LogP contribution in [-0.2, 0) is 6.54 Å². The number of fused-ring (bicyclic) bond motifs is 1. The minimum Gasteiger partial charge on any atom is -0.456 e. The zero-order chi connectivity index (χ0) is 17.2. The van der Waals surface area contributed by atoms with Crippen molar-refractivity contribution in [1.82, 2.24) is 9.78 Å². The first kappa shape index (κ1) is 15.6. The summed E-state index contributed by atoms with van der Waals surface area (Å²) >= 11 is 0. The van der Waals surface area contributed by atoms with E-state index < -0.39 is 6.10 Å². The van der Waals surface area contributed by atoms with Crippen molar-refractivity contribution in [3.63, 3.8) is 0 Å². The SMILES string of the molecule is OCC(O)c1ccc(-c2nn(Cc3ccccc3)c3ccccc23)o1. The molecule has 0 bridgehead atoms. The molecule has 2 aromatic heterocycles. The van der Waals surface area contributed by atoms with Gasteiger partial charge in [-0.25, -0.2) is 0 Å². The Morgan fingerprint density at radius 2 is 1.72 bits per heavy atom. The maximum Gasteiger partial charge on any atom is 0.155 e.